The Balaban J connectivity index is 2.40. The van der Waals surface area contributed by atoms with Crippen molar-refractivity contribution in [3.8, 4) is 0 Å². The van der Waals surface area contributed by atoms with Gasteiger partial charge in [-0.2, -0.15) is 0 Å². The predicted molar refractivity (Wildman–Crippen MR) is 57.2 cm³/mol. The van der Waals surface area contributed by atoms with Crippen molar-refractivity contribution in [2.75, 3.05) is 26.2 Å². The largest absolute Gasteiger partial charge is 0.394 e. The molecule has 0 aromatic heterocycles. The molecule has 2 N–H and O–H groups in total. The third kappa shape index (κ3) is 2.69. The summed E-state index contributed by atoms with van der Waals surface area (Å²) < 4.78 is 0. The molecule has 0 aromatic carbocycles. The summed E-state index contributed by atoms with van der Waals surface area (Å²) in [5, 5.41) is 18.1. The van der Waals surface area contributed by atoms with Crippen molar-refractivity contribution in [2.45, 2.75) is 39.2 Å². The van der Waals surface area contributed by atoms with Crippen LogP contribution in [0.1, 0.15) is 33.1 Å². The lowest BCUT2D eigenvalue weighted by Crippen LogP contribution is -2.34. The first-order valence-electron chi connectivity index (χ1n) is 5.67. The monoisotopic (exact) mass is 201 g/mol. The highest BCUT2D eigenvalue weighted by Crippen LogP contribution is 2.36. The zero-order valence-electron chi connectivity index (χ0n) is 9.37. The van der Waals surface area contributed by atoms with Gasteiger partial charge in [0.25, 0.3) is 0 Å². The van der Waals surface area contributed by atoms with E-state index in [9.17, 15) is 5.11 Å². The normalized spacial score (nSPS) is 24.0. The number of rotatable bonds is 5. The molecule has 0 aliphatic carbocycles. The molecule has 0 saturated carbocycles. The van der Waals surface area contributed by atoms with Crippen LogP contribution in [-0.2, 0) is 0 Å². The molecule has 0 spiro atoms. The maximum atomic E-state index is 9.34. The van der Waals surface area contributed by atoms with Gasteiger partial charge in [0.1, 0.15) is 0 Å². The molecular formula is C11H23NO2. The van der Waals surface area contributed by atoms with Crippen molar-refractivity contribution >= 4 is 0 Å². The minimum absolute atomic E-state index is 0.123. The van der Waals surface area contributed by atoms with E-state index in [2.05, 4.69) is 18.7 Å². The van der Waals surface area contributed by atoms with Crippen molar-refractivity contribution in [1.82, 2.24) is 4.90 Å². The number of hydrogen-bond acceptors (Lipinski definition) is 3. The fourth-order valence-corrected chi connectivity index (χ4v) is 2.37. The van der Waals surface area contributed by atoms with Gasteiger partial charge < -0.3 is 15.1 Å². The van der Waals surface area contributed by atoms with E-state index >= 15 is 0 Å². The molecule has 0 aromatic rings. The second-order valence-corrected chi connectivity index (χ2v) is 4.53. The Morgan fingerprint density at radius 1 is 1.36 bits per heavy atom. The third-order valence-electron chi connectivity index (χ3n) is 3.70. The van der Waals surface area contributed by atoms with Crippen molar-refractivity contribution in [3.05, 3.63) is 0 Å². The average molecular weight is 201 g/mol. The van der Waals surface area contributed by atoms with Gasteiger partial charge in [-0.3, -0.25) is 0 Å². The summed E-state index contributed by atoms with van der Waals surface area (Å²) >= 11 is 0. The van der Waals surface area contributed by atoms with Crippen molar-refractivity contribution in [1.29, 1.82) is 0 Å². The van der Waals surface area contributed by atoms with Crippen LogP contribution in [0.15, 0.2) is 0 Å². The highest BCUT2D eigenvalue weighted by molar-refractivity contribution is 4.88. The summed E-state index contributed by atoms with van der Waals surface area (Å²) in [6, 6.07) is 0. The molecule has 14 heavy (non-hydrogen) atoms. The molecule has 0 bridgehead atoms. The van der Waals surface area contributed by atoms with Gasteiger partial charge in [0.15, 0.2) is 0 Å². The van der Waals surface area contributed by atoms with Crippen molar-refractivity contribution in [2.24, 2.45) is 5.41 Å². The standard InChI is InChI=1S/C11H23NO2/c1-3-11(4-2)5-6-12(9-11)7-10(14)8-13/h10,13-14H,3-9H2,1-2H3. The van der Waals surface area contributed by atoms with Gasteiger partial charge in [0.05, 0.1) is 12.7 Å². The minimum atomic E-state index is -0.570. The van der Waals surface area contributed by atoms with Crippen LogP contribution < -0.4 is 0 Å². The van der Waals surface area contributed by atoms with Gasteiger partial charge in [-0.15, -0.1) is 0 Å². The fraction of sp³-hybridized carbons (Fsp3) is 1.00. The Bertz CT molecular complexity index is 169. The van der Waals surface area contributed by atoms with E-state index in [1.165, 1.54) is 19.3 Å². The number of nitrogens with zero attached hydrogens (tertiary/aromatic N) is 1. The van der Waals surface area contributed by atoms with Gasteiger partial charge in [0.2, 0.25) is 0 Å². The highest BCUT2D eigenvalue weighted by Gasteiger charge is 2.35. The van der Waals surface area contributed by atoms with Crippen LogP contribution in [0.5, 0.6) is 0 Å². The minimum Gasteiger partial charge on any atom is -0.394 e. The number of likely N-dealkylation sites (tertiary alicyclic amines) is 1. The first kappa shape index (κ1) is 12.0. The van der Waals surface area contributed by atoms with E-state index in [4.69, 9.17) is 5.11 Å². The molecule has 3 heteroatoms. The Labute approximate surface area is 86.7 Å². The molecule has 0 amide bonds. The summed E-state index contributed by atoms with van der Waals surface area (Å²) in [5.74, 6) is 0. The predicted octanol–water partition coefficient (Wildman–Crippen LogP) is 0.852. The van der Waals surface area contributed by atoms with Gasteiger partial charge in [-0.1, -0.05) is 13.8 Å². The summed E-state index contributed by atoms with van der Waals surface area (Å²) in [6.45, 7) is 7.14. The van der Waals surface area contributed by atoms with Crippen LogP contribution in [0.25, 0.3) is 0 Å². The first-order valence-corrected chi connectivity index (χ1v) is 5.67. The average Bonchev–Trinajstić information content (AvgIpc) is 2.62. The molecule has 1 heterocycles. The van der Waals surface area contributed by atoms with Crippen LogP contribution in [-0.4, -0.2) is 47.5 Å². The molecule has 1 aliphatic heterocycles. The molecule has 1 fully saturated rings. The van der Waals surface area contributed by atoms with E-state index in [1.807, 2.05) is 0 Å². The quantitative estimate of drug-likeness (QED) is 0.693. The molecule has 1 rings (SSSR count). The van der Waals surface area contributed by atoms with Crippen molar-refractivity contribution in [3.63, 3.8) is 0 Å². The highest BCUT2D eigenvalue weighted by atomic mass is 16.3. The van der Waals surface area contributed by atoms with Crippen LogP contribution in [0.2, 0.25) is 0 Å². The third-order valence-corrected chi connectivity index (χ3v) is 3.70. The molecule has 0 radical (unpaired) electrons. The SMILES string of the molecule is CCC1(CC)CCN(CC(O)CO)C1. The number of aliphatic hydroxyl groups is 2. The molecule has 1 unspecified atom stereocenters. The molecule has 1 aliphatic rings. The maximum Gasteiger partial charge on any atom is 0.0897 e. The van der Waals surface area contributed by atoms with E-state index in [0.29, 0.717) is 12.0 Å². The van der Waals surface area contributed by atoms with Gasteiger partial charge in [0, 0.05) is 13.1 Å². The van der Waals surface area contributed by atoms with Gasteiger partial charge in [-0.05, 0) is 31.2 Å². The van der Waals surface area contributed by atoms with Crippen LogP contribution in [0, 0.1) is 5.41 Å². The molecular weight excluding hydrogens is 178 g/mol. The lowest BCUT2D eigenvalue weighted by Gasteiger charge is -2.27. The van der Waals surface area contributed by atoms with Crippen LogP contribution >= 0.6 is 0 Å². The Hall–Kier alpha value is -0.120. The Morgan fingerprint density at radius 2 is 2.00 bits per heavy atom. The zero-order valence-corrected chi connectivity index (χ0v) is 9.37. The molecule has 84 valence electrons. The summed E-state index contributed by atoms with van der Waals surface area (Å²) in [7, 11) is 0. The fourth-order valence-electron chi connectivity index (χ4n) is 2.37. The molecule has 3 nitrogen and oxygen atoms in total. The lowest BCUT2D eigenvalue weighted by atomic mass is 9.82. The summed E-state index contributed by atoms with van der Waals surface area (Å²) in [4.78, 5) is 2.27. The van der Waals surface area contributed by atoms with E-state index in [-0.39, 0.29) is 6.61 Å². The molecule has 1 saturated heterocycles. The maximum absolute atomic E-state index is 9.34. The van der Waals surface area contributed by atoms with Crippen LogP contribution in [0.3, 0.4) is 0 Å². The lowest BCUT2D eigenvalue weighted by molar-refractivity contribution is 0.0621. The topological polar surface area (TPSA) is 43.7 Å². The van der Waals surface area contributed by atoms with E-state index in [0.717, 1.165) is 13.1 Å². The van der Waals surface area contributed by atoms with Crippen molar-refractivity contribution < 1.29 is 10.2 Å². The second kappa shape index (κ2) is 5.10. The van der Waals surface area contributed by atoms with Crippen LogP contribution in [0.4, 0.5) is 0 Å². The summed E-state index contributed by atoms with van der Waals surface area (Å²) in [5.41, 5.74) is 0.467. The number of β-amino-alcohol motifs (C(OH)–C–C–N with tert-alkyl or cyclic N) is 1. The molecule has 1 atom stereocenters. The Kier molecular flexibility index (Phi) is 4.35. The van der Waals surface area contributed by atoms with Gasteiger partial charge >= 0.3 is 0 Å². The second-order valence-electron chi connectivity index (χ2n) is 4.53. The van der Waals surface area contributed by atoms with Gasteiger partial charge in [-0.25, -0.2) is 0 Å². The zero-order chi connectivity index (χ0) is 10.6. The van der Waals surface area contributed by atoms with E-state index < -0.39 is 6.10 Å². The van der Waals surface area contributed by atoms with E-state index in [1.54, 1.807) is 0 Å². The Morgan fingerprint density at radius 3 is 2.43 bits per heavy atom. The number of aliphatic hydroxyl groups excluding tert-OH is 2. The number of hydrogen-bond donors (Lipinski definition) is 2. The first-order chi connectivity index (χ1) is 6.65. The smallest absolute Gasteiger partial charge is 0.0897 e. The summed E-state index contributed by atoms with van der Waals surface area (Å²) in [6.07, 6.45) is 3.10.